The second-order valence-corrected chi connectivity index (χ2v) is 3.18. The third-order valence-electron chi connectivity index (χ3n) is 1.52. The number of thiol groups is 1. The fraction of sp³-hybridized carbons (Fsp3) is 1.00. The van der Waals surface area contributed by atoms with Gasteiger partial charge in [-0.15, -0.1) is 12.6 Å². The van der Waals surface area contributed by atoms with Crippen molar-refractivity contribution in [3.63, 3.8) is 0 Å². The fourth-order valence-electron chi connectivity index (χ4n) is 0.705. The van der Waals surface area contributed by atoms with Gasteiger partial charge in [-0.25, -0.2) is 0 Å². The molecule has 0 atom stereocenters. The minimum atomic E-state index is -0.330. The average Bonchev–Trinajstić information content (AvgIpc) is 2.06. The Morgan fingerprint density at radius 2 is 1.42 bits per heavy atom. The Labute approximate surface area is 81.0 Å². The summed E-state index contributed by atoms with van der Waals surface area (Å²) in [4.78, 5) is 0. The summed E-state index contributed by atoms with van der Waals surface area (Å²) in [6.07, 6.45) is 4.45. The Balaban J connectivity index is 3.04. The van der Waals surface area contributed by atoms with Gasteiger partial charge in [0.1, 0.15) is 0 Å². The SMILES string of the molecule is CCCCOC(S)OCCCC. The highest BCUT2D eigenvalue weighted by atomic mass is 32.1. The van der Waals surface area contributed by atoms with Crippen LogP contribution in [0, 0.1) is 0 Å². The summed E-state index contributed by atoms with van der Waals surface area (Å²) in [5.74, 6) is 0. The molecule has 0 unspecified atom stereocenters. The summed E-state index contributed by atoms with van der Waals surface area (Å²) in [6, 6.07) is 0. The van der Waals surface area contributed by atoms with E-state index >= 15 is 0 Å². The lowest BCUT2D eigenvalue weighted by Crippen LogP contribution is -2.11. The molecule has 74 valence electrons. The minimum absolute atomic E-state index is 0.330. The van der Waals surface area contributed by atoms with Crippen LogP contribution in [0.3, 0.4) is 0 Å². The molecule has 0 radical (unpaired) electrons. The zero-order valence-electron chi connectivity index (χ0n) is 8.08. The van der Waals surface area contributed by atoms with E-state index in [2.05, 4.69) is 26.5 Å². The Morgan fingerprint density at radius 1 is 1.00 bits per heavy atom. The first-order chi connectivity index (χ1) is 5.81. The quantitative estimate of drug-likeness (QED) is 0.362. The molecule has 0 aliphatic heterocycles. The summed E-state index contributed by atoms with van der Waals surface area (Å²) in [5.41, 5.74) is -0.330. The van der Waals surface area contributed by atoms with Gasteiger partial charge in [0.15, 0.2) is 0 Å². The molecule has 0 saturated heterocycles. The van der Waals surface area contributed by atoms with Gasteiger partial charge in [0.2, 0.25) is 5.62 Å². The first kappa shape index (κ1) is 12.3. The van der Waals surface area contributed by atoms with Crippen molar-refractivity contribution in [1.82, 2.24) is 0 Å². The van der Waals surface area contributed by atoms with Crippen LogP contribution in [0.25, 0.3) is 0 Å². The van der Waals surface area contributed by atoms with Gasteiger partial charge in [0.05, 0.1) is 13.2 Å². The van der Waals surface area contributed by atoms with Crippen molar-refractivity contribution in [2.45, 2.75) is 45.2 Å². The normalized spacial score (nSPS) is 11.0. The molecule has 0 amide bonds. The van der Waals surface area contributed by atoms with Crippen LogP contribution < -0.4 is 0 Å². The topological polar surface area (TPSA) is 18.5 Å². The molecule has 0 heterocycles. The van der Waals surface area contributed by atoms with Gasteiger partial charge in [-0.05, 0) is 12.8 Å². The predicted molar refractivity (Wildman–Crippen MR) is 54.5 cm³/mol. The highest BCUT2D eigenvalue weighted by Gasteiger charge is 2.00. The van der Waals surface area contributed by atoms with Gasteiger partial charge in [0, 0.05) is 0 Å². The maximum atomic E-state index is 5.27. The minimum Gasteiger partial charge on any atom is -0.344 e. The molecule has 0 N–H and O–H groups in total. The summed E-state index contributed by atoms with van der Waals surface area (Å²) in [6.45, 7) is 5.76. The van der Waals surface area contributed by atoms with Crippen LogP contribution in [0.15, 0.2) is 0 Å². The highest BCUT2D eigenvalue weighted by molar-refractivity contribution is 7.80. The van der Waals surface area contributed by atoms with Gasteiger partial charge in [-0.1, -0.05) is 26.7 Å². The van der Waals surface area contributed by atoms with Gasteiger partial charge in [-0.2, -0.15) is 0 Å². The van der Waals surface area contributed by atoms with Crippen LogP contribution in [0.5, 0.6) is 0 Å². The van der Waals surface area contributed by atoms with E-state index in [-0.39, 0.29) is 5.62 Å². The molecule has 0 spiro atoms. The monoisotopic (exact) mass is 192 g/mol. The average molecular weight is 192 g/mol. The molecule has 0 aromatic carbocycles. The third kappa shape index (κ3) is 8.37. The molecular weight excluding hydrogens is 172 g/mol. The first-order valence-electron chi connectivity index (χ1n) is 4.72. The Bertz CT molecular complexity index is 78.6. The fourth-order valence-corrected chi connectivity index (χ4v) is 0.916. The standard InChI is InChI=1S/C9H20O2S/c1-3-5-7-10-9(12)11-8-6-4-2/h9,12H,3-8H2,1-2H3. The molecule has 0 rings (SSSR count). The van der Waals surface area contributed by atoms with E-state index in [9.17, 15) is 0 Å². The maximum Gasteiger partial charge on any atom is 0.204 e. The van der Waals surface area contributed by atoms with Gasteiger partial charge < -0.3 is 9.47 Å². The number of rotatable bonds is 8. The summed E-state index contributed by atoms with van der Waals surface area (Å²) < 4.78 is 10.5. The summed E-state index contributed by atoms with van der Waals surface area (Å²) >= 11 is 4.13. The molecular formula is C9H20O2S. The lowest BCUT2D eigenvalue weighted by Gasteiger charge is -2.12. The molecule has 12 heavy (non-hydrogen) atoms. The van der Waals surface area contributed by atoms with Crippen molar-refractivity contribution in [1.29, 1.82) is 0 Å². The van der Waals surface area contributed by atoms with Crippen molar-refractivity contribution < 1.29 is 9.47 Å². The summed E-state index contributed by atoms with van der Waals surface area (Å²) in [7, 11) is 0. The molecule has 0 aromatic heterocycles. The zero-order valence-corrected chi connectivity index (χ0v) is 8.98. The van der Waals surface area contributed by atoms with Crippen molar-refractivity contribution in [3.05, 3.63) is 0 Å². The molecule has 2 nitrogen and oxygen atoms in total. The molecule has 0 fully saturated rings. The number of unbranched alkanes of at least 4 members (excludes halogenated alkanes) is 2. The van der Waals surface area contributed by atoms with Crippen LogP contribution in [-0.2, 0) is 9.47 Å². The van der Waals surface area contributed by atoms with Crippen molar-refractivity contribution in [3.8, 4) is 0 Å². The number of hydrogen-bond donors (Lipinski definition) is 1. The van der Waals surface area contributed by atoms with Crippen LogP contribution in [-0.4, -0.2) is 18.8 Å². The van der Waals surface area contributed by atoms with E-state index in [0.29, 0.717) is 0 Å². The van der Waals surface area contributed by atoms with Crippen LogP contribution in [0.2, 0.25) is 0 Å². The zero-order chi connectivity index (χ0) is 9.23. The molecule has 0 aliphatic carbocycles. The highest BCUT2D eigenvalue weighted by Crippen LogP contribution is 2.03. The van der Waals surface area contributed by atoms with Gasteiger partial charge >= 0.3 is 0 Å². The predicted octanol–water partition coefficient (Wildman–Crippen LogP) is 2.83. The van der Waals surface area contributed by atoms with E-state index in [0.717, 1.165) is 38.9 Å². The van der Waals surface area contributed by atoms with Crippen molar-refractivity contribution in [2.75, 3.05) is 13.2 Å². The lowest BCUT2D eigenvalue weighted by atomic mass is 10.4. The Morgan fingerprint density at radius 3 is 1.75 bits per heavy atom. The molecule has 0 saturated carbocycles. The van der Waals surface area contributed by atoms with Crippen molar-refractivity contribution in [2.24, 2.45) is 0 Å². The van der Waals surface area contributed by atoms with Crippen LogP contribution in [0.4, 0.5) is 0 Å². The number of ether oxygens (including phenoxy) is 2. The van der Waals surface area contributed by atoms with Crippen LogP contribution in [0.1, 0.15) is 39.5 Å². The van der Waals surface area contributed by atoms with Crippen LogP contribution >= 0.6 is 12.6 Å². The summed E-state index contributed by atoms with van der Waals surface area (Å²) in [5, 5.41) is 0. The van der Waals surface area contributed by atoms with E-state index in [4.69, 9.17) is 9.47 Å². The molecule has 0 aromatic rings. The van der Waals surface area contributed by atoms with E-state index < -0.39 is 0 Å². The Kier molecular flexibility index (Phi) is 9.57. The molecule has 3 heteroatoms. The van der Waals surface area contributed by atoms with Gasteiger partial charge in [0.25, 0.3) is 0 Å². The van der Waals surface area contributed by atoms with E-state index in [1.54, 1.807) is 0 Å². The largest absolute Gasteiger partial charge is 0.344 e. The lowest BCUT2D eigenvalue weighted by molar-refractivity contribution is -0.0819. The molecule has 0 aliphatic rings. The second kappa shape index (κ2) is 9.36. The Hall–Kier alpha value is 0.270. The van der Waals surface area contributed by atoms with Crippen molar-refractivity contribution >= 4 is 12.6 Å². The maximum absolute atomic E-state index is 5.27. The molecule has 0 bridgehead atoms. The second-order valence-electron chi connectivity index (χ2n) is 2.76. The smallest absolute Gasteiger partial charge is 0.204 e. The van der Waals surface area contributed by atoms with E-state index in [1.165, 1.54) is 0 Å². The first-order valence-corrected chi connectivity index (χ1v) is 5.24. The van der Waals surface area contributed by atoms with E-state index in [1.807, 2.05) is 0 Å². The number of hydrogen-bond acceptors (Lipinski definition) is 3. The third-order valence-corrected chi connectivity index (χ3v) is 1.81. The van der Waals surface area contributed by atoms with Gasteiger partial charge in [-0.3, -0.25) is 0 Å².